The van der Waals surface area contributed by atoms with E-state index in [4.69, 9.17) is 9.47 Å². The van der Waals surface area contributed by atoms with Crippen molar-refractivity contribution in [3.8, 4) is 22.9 Å². The second-order valence-corrected chi connectivity index (χ2v) is 7.05. The summed E-state index contributed by atoms with van der Waals surface area (Å²) < 4.78 is 24.2. The Kier molecular flexibility index (Phi) is 4.84. The Labute approximate surface area is 177 Å². The summed E-state index contributed by atoms with van der Waals surface area (Å²) in [5.74, 6) is 1.46. The number of rotatable bonds is 4. The number of ether oxygens (including phenoxy) is 2. The van der Waals surface area contributed by atoms with Crippen LogP contribution in [0.25, 0.3) is 28.5 Å². The van der Waals surface area contributed by atoms with Gasteiger partial charge < -0.3 is 19.8 Å². The molecule has 2 N–H and O–H groups in total. The number of H-pyrrole nitrogens is 1. The van der Waals surface area contributed by atoms with Crippen LogP contribution in [-0.4, -0.2) is 29.1 Å². The minimum atomic E-state index is -0.316. The van der Waals surface area contributed by atoms with Crippen molar-refractivity contribution in [1.82, 2.24) is 9.97 Å². The summed E-state index contributed by atoms with van der Waals surface area (Å²) in [4.78, 5) is 20.2. The number of fused-ring (bicyclic) bond motifs is 2. The predicted molar refractivity (Wildman–Crippen MR) is 117 cm³/mol. The first-order valence-electron chi connectivity index (χ1n) is 9.78. The summed E-state index contributed by atoms with van der Waals surface area (Å²) in [6.07, 6.45) is 3.04. The van der Waals surface area contributed by atoms with Gasteiger partial charge in [-0.05, 0) is 35.9 Å². The van der Waals surface area contributed by atoms with Crippen LogP contribution >= 0.6 is 0 Å². The molecule has 0 radical (unpaired) electrons. The molecule has 31 heavy (non-hydrogen) atoms. The van der Waals surface area contributed by atoms with Crippen LogP contribution in [0.1, 0.15) is 5.56 Å². The van der Waals surface area contributed by atoms with Crippen LogP contribution in [0, 0.1) is 5.82 Å². The average Bonchev–Trinajstić information content (AvgIpc) is 3.20. The molecule has 0 atom stereocenters. The van der Waals surface area contributed by atoms with Crippen molar-refractivity contribution in [2.75, 3.05) is 18.5 Å². The maximum absolute atomic E-state index is 13.0. The molecule has 5 rings (SSSR count). The van der Waals surface area contributed by atoms with Gasteiger partial charge in [0.15, 0.2) is 11.5 Å². The molecule has 4 aromatic rings. The van der Waals surface area contributed by atoms with Gasteiger partial charge in [0.1, 0.15) is 24.9 Å². The Bertz CT molecular complexity index is 1250. The summed E-state index contributed by atoms with van der Waals surface area (Å²) >= 11 is 0. The second-order valence-electron chi connectivity index (χ2n) is 7.05. The van der Waals surface area contributed by atoms with Crippen LogP contribution < -0.4 is 14.8 Å². The van der Waals surface area contributed by atoms with Crippen molar-refractivity contribution in [3.05, 3.63) is 78.1 Å². The highest BCUT2D eigenvalue weighted by Crippen LogP contribution is 2.35. The maximum atomic E-state index is 13.0. The Morgan fingerprint density at radius 2 is 1.81 bits per heavy atom. The van der Waals surface area contributed by atoms with Crippen molar-refractivity contribution < 1.29 is 18.7 Å². The molecule has 0 bridgehead atoms. The van der Waals surface area contributed by atoms with E-state index in [1.807, 2.05) is 30.3 Å². The van der Waals surface area contributed by atoms with Crippen LogP contribution in [0.2, 0.25) is 0 Å². The normalized spacial score (nSPS) is 12.9. The van der Waals surface area contributed by atoms with Crippen LogP contribution in [-0.2, 0) is 4.79 Å². The lowest BCUT2D eigenvalue weighted by Crippen LogP contribution is -2.15. The summed E-state index contributed by atoms with van der Waals surface area (Å²) in [6.45, 7) is 1.05. The topological polar surface area (TPSA) is 76.2 Å². The number of carbonyl (C=O) groups is 1. The lowest BCUT2D eigenvalue weighted by atomic mass is 10.2. The fourth-order valence-corrected chi connectivity index (χ4v) is 3.36. The molecule has 0 saturated heterocycles. The number of carbonyl (C=O) groups excluding carboxylic acids is 1. The Morgan fingerprint density at radius 1 is 1.03 bits per heavy atom. The second kappa shape index (κ2) is 7.95. The molecule has 0 fully saturated rings. The maximum Gasteiger partial charge on any atom is 0.248 e. The summed E-state index contributed by atoms with van der Waals surface area (Å²) in [7, 11) is 0. The number of benzene rings is 3. The van der Waals surface area contributed by atoms with Crippen LogP contribution in [0.15, 0.2) is 66.7 Å². The largest absolute Gasteiger partial charge is 0.486 e. The average molecular weight is 415 g/mol. The quantitative estimate of drug-likeness (QED) is 0.470. The molecule has 3 aromatic carbocycles. The van der Waals surface area contributed by atoms with Crippen LogP contribution in [0.3, 0.4) is 0 Å². The van der Waals surface area contributed by atoms with E-state index in [-0.39, 0.29) is 11.7 Å². The van der Waals surface area contributed by atoms with Crippen molar-refractivity contribution in [2.24, 2.45) is 0 Å². The van der Waals surface area contributed by atoms with Gasteiger partial charge in [-0.15, -0.1) is 0 Å². The molecule has 1 amide bonds. The predicted octanol–water partition coefficient (Wildman–Crippen LogP) is 4.79. The minimum absolute atomic E-state index is 0.284. The van der Waals surface area contributed by atoms with E-state index >= 15 is 0 Å². The van der Waals surface area contributed by atoms with Gasteiger partial charge >= 0.3 is 0 Å². The number of imidazole rings is 1. The number of nitrogens with one attached hydrogen (secondary N) is 2. The number of aromatic nitrogens is 2. The van der Waals surface area contributed by atoms with E-state index < -0.39 is 0 Å². The van der Waals surface area contributed by atoms with Gasteiger partial charge in [0.05, 0.1) is 11.0 Å². The molecule has 2 heterocycles. The van der Waals surface area contributed by atoms with Gasteiger partial charge in [-0.3, -0.25) is 4.79 Å². The van der Waals surface area contributed by atoms with E-state index in [2.05, 4.69) is 15.3 Å². The van der Waals surface area contributed by atoms with Gasteiger partial charge in [0, 0.05) is 29.5 Å². The highest BCUT2D eigenvalue weighted by molar-refractivity contribution is 6.02. The third kappa shape index (κ3) is 4.11. The molecular formula is C24H18FN3O3. The molecule has 6 nitrogen and oxygen atoms in total. The van der Waals surface area contributed by atoms with E-state index in [1.54, 1.807) is 24.3 Å². The van der Waals surface area contributed by atoms with E-state index in [9.17, 15) is 9.18 Å². The van der Waals surface area contributed by atoms with Gasteiger partial charge in [-0.25, -0.2) is 9.37 Å². The molecule has 154 valence electrons. The third-order valence-corrected chi connectivity index (χ3v) is 4.85. The molecular weight excluding hydrogens is 397 g/mol. The molecule has 1 aliphatic heterocycles. The summed E-state index contributed by atoms with van der Waals surface area (Å²) in [5, 5.41) is 2.83. The zero-order chi connectivity index (χ0) is 21.2. The highest BCUT2D eigenvalue weighted by Gasteiger charge is 2.15. The summed E-state index contributed by atoms with van der Waals surface area (Å²) in [6, 6.07) is 17.1. The number of anilines is 1. The van der Waals surface area contributed by atoms with Crippen LogP contribution in [0.5, 0.6) is 11.5 Å². The fraction of sp³-hybridized carbons (Fsp3) is 0.0833. The zero-order valence-corrected chi connectivity index (χ0v) is 16.4. The first kappa shape index (κ1) is 18.9. The first-order valence-corrected chi connectivity index (χ1v) is 9.78. The molecule has 0 aliphatic carbocycles. The molecule has 0 unspecified atom stereocenters. The molecule has 0 saturated carbocycles. The number of hydrogen-bond donors (Lipinski definition) is 2. The first-order chi connectivity index (χ1) is 15.1. The van der Waals surface area contributed by atoms with Gasteiger partial charge in [0.2, 0.25) is 5.91 Å². The van der Waals surface area contributed by atoms with Gasteiger partial charge in [-0.2, -0.15) is 0 Å². The van der Waals surface area contributed by atoms with Crippen molar-refractivity contribution in [3.63, 3.8) is 0 Å². The number of hydrogen-bond acceptors (Lipinski definition) is 4. The van der Waals surface area contributed by atoms with Crippen molar-refractivity contribution >= 4 is 28.7 Å². The number of amides is 1. The Balaban J connectivity index is 1.35. The Morgan fingerprint density at radius 3 is 2.61 bits per heavy atom. The van der Waals surface area contributed by atoms with Crippen molar-refractivity contribution in [1.29, 1.82) is 0 Å². The van der Waals surface area contributed by atoms with Gasteiger partial charge in [0.25, 0.3) is 0 Å². The minimum Gasteiger partial charge on any atom is -0.486 e. The van der Waals surface area contributed by atoms with E-state index in [0.717, 1.165) is 22.2 Å². The molecule has 7 heteroatoms. The van der Waals surface area contributed by atoms with E-state index in [0.29, 0.717) is 36.2 Å². The molecule has 0 spiro atoms. The molecule has 1 aromatic heterocycles. The van der Waals surface area contributed by atoms with Crippen molar-refractivity contribution in [2.45, 2.75) is 0 Å². The smallest absolute Gasteiger partial charge is 0.248 e. The zero-order valence-electron chi connectivity index (χ0n) is 16.4. The number of aromatic amines is 1. The standard InChI is InChI=1S/C24H18FN3O3/c25-17-7-4-15(5-8-17)6-9-23(29)26-18-3-1-2-16(12-18)24-27-19-13-21-22(14-20(19)28-24)31-11-10-30-21/h1-9,12-14H,10-11H2,(H,26,29)(H,27,28)/b9-6+. The number of halogens is 1. The van der Waals surface area contributed by atoms with Crippen LogP contribution in [0.4, 0.5) is 10.1 Å². The molecule has 1 aliphatic rings. The SMILES string of the molecule is O=C(/C=C/c1ccc(F)cc1)Nc1cccc(-c2nc3cc4c(cc3[nH]2)OCCO4)c1. The van der Waals surface area contributed by atoms with E-state index in [1.165, 1.54) is 18.2 Å². The Hall–Kier alpha value is -4.13. The number of nitrogens with zero attached hydrogens (tertiary/aromatic N) is 1. The monoisotopic (exact) mass is 415 g/mol. The summed E-state index contributed by atoms with van der Waals surface area (Å²) in [5.41, 5.74) is 3.82. The fourth-order valence-electron chi connectivity index (χ4n) is 3.36. The lowest BCUT2D eigenvalue weighted by Gasteiger charge is -2.17. The third-order valence-electron chi connectivity index (χ3n) is 4.85. The highest BCUT2D eigenvalue weighted by atomic mass is 19.1. The van der Waals surface area contributed by atoms with Gasteiger partial charge in [-0.1, -0.05) is 24.3 Å². The lowest BCUT2D eigenvalue weighted by molar-refractivity contribution is -0.111.